The van der Waals surface area contributed by atoms with Crippen LogP contribution in [-0.4, -0.2) is 33.4 Å². The van der Waals surface area contributed by atoms with Crippen LogP contribution in [-0.2, 0) is 19.6 Å². The predicted molar refractivity (Wildman–Crippen MR) is 99.4 cm³/mol. The topological polar surface area (TPSA) is 50.2 Å². The standard InChI is InChI=1S/C20H28N4O/c1-14(2)11-23-7-8-24-12-18(22-19(24)13-23)20(25)21-10-17-9-15(3)5-6-16(17)4/h5-6,9,12,14H,7-8,10-11,13H2,1-4H3,(H,21,25). The number of carbonyl (C=O) groups excluding carboxylic acids is 1. The molecule has 2 heterocycles. The van der Waals surface area contributed by atoms with Crippen LogP contribution in [0, 0.1) is 19.8 Å². The Morgan fingerprint density at radius 2 is 2.08 bits per heavy atom. The number of fused-ring (bicyclic) bond motifs is 1. The molecule has 5 nitrogen and oxygen atoms in total. The van der Waals surface area contributed by atoms with Crippen LogP contribution in [0.25, 0.3) is 0 Å². The largest absolute Gasteiger partial charge is 0.347 e. The summed E-state index contributed by atoms with van der Waals surface area (Å²) < 4.78 is 2.11. The van der Waals surface area contributed by atoms with E-state index in [0.29, 0.717) is 18.2 Å². The van der Waals surface area contributed by atoms with E-state index in [1.54, 1.807) is 0 Å². The zero-order valence-electron chi connectivity index (χ0n) is 15.7. The fourth-order valence-corrected chi connectivity index (χ4v) is 3.34. The Bertz CT molecular complexity index is 763. The van der Waals surface area contributed by atoms with E-state index in [1.165, 1.54) is 11.1 Å². The van der Waals surface area contributed by atoms with Crippen molar-refractivity contribution >= 4 is 5.91 Å². The van der Waals surface area contributed by atoms with Crippen molar-refractivity contribution in [3.8, 4) is 0 Å². The summed E-state index contributed by atoms with van der Waals surface area (Å²) in [6.07, 6.45) is 1.89. The molecule has 0 atom stereocenters. The van der Waals surface area contributed by atoms with Crippen LogP contribution in [0.4, 0.5) is 0 Å². The maximum Gasteiger partial charge on any atom is 0.271 e. The summed E-state index contributed by atoms with van der Waals surface area (Å²) in [5, 5.41) is 3.01. The highest BCUT2D eigenvalue weighted by Crippen LogP contribution is 2.15. The van der Waals surface area contributed by atoms with Crippen LogP contribution >= 0.6 is 0 Å². The van der Waals surface area contributed by atoms with Crippen molar-refractivity contribution in [1.82, 2.24) is 19.8 Å². The molecular formula is C20H28N4O. The highest BCUT2D eigenvalue weighted by molar-refractivity contribution is 5.92. The number of amides is 1. The maximum absolute atomic E-state index is 12.5. The molecule has 1 N–H and O–H groups in total. The molecule has 1 amide bonds. The Balaban J connectivity index is 1.64. The lowest BCUT2D eigenvalue weighted by Crippen LogP contribution is -2.35. The Hall–Kier alpha value is -2.14. The van der Waals surface area contributed by atoms with Crippen LogP contribution in [0.5, 0.6) is 0 Å². The molecule has 134 valence electrons. The monoisotopic (exact) mass is 340 g/mol. The molecule has 2 aromatic rings. The predicted octanol–water partition coefficient (Wildman–Crippen LogP) is 2.90. The Morgan fingerprint density at radius 3 is 2.84 bits per heavy atom. The first-order chi connectivity index (χ1) is 11.9. The van der Waals surface area contributed by atoms with E-state index in [4.69, 9.17) is 0 Å². The normalized spacial score (nSPS) is 14.6. The van der Waals surface area contributed by atoms with Gasteiger partial charge >= 0.3 is 0 Å². The van der Waals surface area contributed by atoms with E-state index < -0.39 is 0 Å². The summed E-state index contributed by atoms with van der Waals surface area (Å²) in [7, 11) is 0. The second kappa shape index (κ2) is 7.40. The van der Waals surface area contributed by atoms with E-state index in [9.17, 15) is 4.79 Å². The van der Waals surface area contributed by atoms with Gasteiger partial charge in [-0.25, -0.2) is 4.98 Å². The van der Waals surface area contributed by atoms with Crippen LogP contribution in [0.3, 0.4) is 0 Å². The Morgan fingerprint density at radius 1 is 1.28 bits per heavy atom. The molecule has 3 rings (SSSR count). The van der Waals surface area contributed by atoms with Crippen molar-refractivity contribution in [3.05, 3.63) is 52.6 Å². The number of hydrogen-bond acceptors (Lipinski definition) is 3. The molecule has 1 aliphatic heterocycles. The molecule has 0 spiro atoms. The average molecular weight is 340 g/mol. The van der Waals surface area contributed by atoms with Gasteiger partial charge in [0, 0.05) is 32.4 Å². The van der Waals surface area contributed by atoms with Gasteiger partial charge in [0.25, 0.3) is 5.91 Å². The fraction of sp³-hybridized carbons (Fsp3) is 0.500. The van der Waals surface area contributed by atoms with E-state index in [1.807, 2.05) is 6.20 Å². The van der Waals surface area contributed by atoms with Crippen LogP contribution in [0.15, 0.2) is 24.4 Å². The zero-order chi connectivity index (χ0) is 18.0. The van der Waals surface area contributed by atoms with Crippen molar-refractivity contribution in [2.45, 2.75) is 47.3 Å². The quantitative estimate of drug-likeness (QED) is 0.910. The smallest absolute Gasteiger partial charge is 0.271 e. The number of imidazole rings is 1. The van der Waals surface area contributed by atoms with Crippen molar-refractivity contribution in [1.29, 1.82) is 0 Å². The molecule has 0 bridgehead atoms. The molecule has 0 aliphatic carbocycles. The first kappa shape index (κ1) is 17.7. The minimum absolute atomic E-state index is 0.0989. The molecule has 1 aliphatic rings. The van der Waals surface area contributed by atoms with Gasteiger partial charge in [-0.2, -0.15) is 0 Å². The number of rotatable bonds is 5. The first-order valence-electron chi connectivity index (χ1n) is 9.05. The lowest BCUT2D eigenvalue weighted by molar-refractivity contribution is 0.0946. The Labute approximate surface area is 150 Å². The number of aryl methyl sites for hydroxylation is 2. The lowest BCUT2D eigenvalue weighted by Gasteiger charge is -2.28. The van der Waals surface area contributed by atoms with Gasteiger partial charge in [0.2, 0.25) is 0 Å². The molecule has 0 fully saturated rings. The third kappa shape index (κ3) is 4.28. The summed E-state index contributed by atoms with van der Waals surface area (Å²) in [4.78, 5) is 19.5. The summed E-state index contributed by atoms with van der Waals surface area (Å²) in [5.41, 5.74) is 4.07. The number of nitrogens with one attached hydrogen (secondary N) is 1. The van der Waals surface area contributed by atoms with Gasteiger partial charge in [0.05, 0.1) is 6.54 Å². The first-order valence-corrected chi connectivity index (χ1v) is 9.05. The van der Waals surface area contributed by atoms with Crippen molar-refractivity contribution in [3.63, 3.8) is 0 Å². The minimum Gasteiger partial charge on any atom is -0.347 e. The lowest BCUT2D eigenvalue weighted by atomic mass is 10.1. The van der Waals surface area contributed by atoms with Gasteiger partial charge < -0.3 is 9.88 Å². The summed E-state index contributed by atoms with van der Waals surface area (Å²) in [6, 6.07) is 6.31. The van der Waals surface area contributed by atoms with Crippen LogP contribution in [0.1, 0.15) is 46.9 Å². The second-order valence-electron chi connectivity index (χ2n) is 7.48. The van der Waals surface area contributed by atoms with E-state index in [-0.39, 0.29) is 5.91 Å². The number of benzene rings is 1. The molecule has 0 radical (unpaired) electrons. The third-order valence-electron chi connectivity index (χ3n) is 4.68. The average Bonchev–Trinajstić information content (AvgIpc) is 2.98. The summed E-state index contributed by atoms with van der Waals surface area (Å²) in [6.45, 7) is 12.9. The van der Waals surface area contributed by atoms with Gasteiger partial charge in [-0.1, -0.05) is 37.6 Å². The molecule has 5 heteroatoms. The number of hydrogen-bond donors (Lipinski definition) is 1. The molecule has 1 aromatic carbocycles. The van der Waals surface area contributed by atoms with Gasteiger partial charge in [-0.05, 0) is 30.9 Å². The van der Waals surface area contributed by atoms with E-state index >= 15 is 0 Å². The van der Waals surface area contributed by atoms with Gasteiger partial charge in [0.1, 0.15) is 11.5 Å². The SMILES string of the molecule is Cc1ccc(C)c(CNC(=O)c2cn3c(n2)CN(CC(C)C)CC3)c1. The van der Waals surface area contributed by atoms with Crippen LogP contribution in [0.2, 0.25) is 0 Å². The number of aromatic nitrogens is 2. The van der Waals surface area contributed by atoms with Crippen molar-refractivity contribution in [2.24, 2.45) is 5.92 Å². The number of carbonyl (C=O) groups is 1. The van der Waals surface area contributed by atoms with Crippen LogP contribution < -0.4 is 5.32 Å². The number of nitrogens with zero attached hydrogens (tertiary/aromatic N) is 3. The summed E-state index contributed by atoms with van der Waals surface area (Å²) >= 11 is 0. The maximum atomic E-state index is 12.5. The molecule has 0 saturated heterocycles. The molecule has 0 saturated carbocycles. The van der Waals surface area contributed by atoms with E-state index in [0.717, 1.165) is 37.6 Å². The van der Waals surface area contributed by atoms with Crippen molar-refractivity contribution in [2.75, 3.05) is 13.1 Å². The molecule has 1 aromatic heterocycles. The fourth-order valence-electron chi connectivity index (χ4n) is 3.34. The second-order valence-corrected chi connectivity index (χ2v) is 7.48. The highest BCUT2D eigenvalue weighted by atomic mass is 16.1. The molecule has 0 unspecified atom stereocenters. The summed E-state index contributed by atoms with van der Waals surface area (Å²) in [5.74, 6) is 1.53. The van der Waals surface area contributed by atoms with Gasteiger partial charge in [-0.3, -0.25) is 9.69 Å². The Kier molecular flexibility index (Phi) is 5.23. The van der Waals surface area contributed by atoms with Crippen molar-refractivity contribution < 1.29 is 4.79 Å². The molecular weight excluding hydrogens is 312 g/mol. The molecule has 25 heavy (non-hydrogen) atoms. The highest BCUT2D eigenvalue weighted by Gasteiger charge is 2.21. The third-order valence-corrected chi connectivity index (χ3v) is 4.68. The minimum atomic E-state index is -0.0989. The van der Waals surface area contributed by atoms with Gasteiger partial charge in [-0.15, -0.1) is 0 Å². The zero-order valence-corrected chi connectivity index (χ0v) is 15.7. The van der Waals surface area contributed by atoms with E-state index in [2.05, 4.69) is 65.7 Å². The van der Waals surface area contributed by atoms with Gasteiger partial charge in [0.15, 0.2) is 0 Å².